The molecule has 1 aromatic rings. The maximum atomic E-state index is 12.2. The standard InChI is InChI=1S/C19H29ClN2O2/c1-19(2,3)24-18(23)22-17(14-8-7-9-15(20)12-14)13-21-16-10-5-4-6-11-16/h7-9,12,16-17,21H,4-6,10-11,13H2,1-3H3,(H,22,23)/t17-/m0/s1. The van der Waals surface area contributed by atoms with E-state index in [2.05, 4.69) is 10.6 Å². The van der Waals surface area contributed by atoms with Crippen molar-refractivity contribution in [2.75, 3.05) is 6.54 Å². The number of hydrogen-bond donors (Lipinski definition) is 2. The zero-order valence-electron chi connectivity index (χ0n) is 14.9. The molecule has 0 aromatic heterocycles. The predicted octanol–water partition coefficient (Wildman–Crippen LogP) is 4.83. The van der Waals surface area contributed by atoms with Gasteiger partial charge < -0.3 is 15.4 Å². The molecular formula is C19H29ClN2O2. The molecule has 24 heavy (non-hydrogen) atoms. The van der Waals surface area contributed by atoms with Crippen molar-refractivity contribution in [1.29, 1.82) is 0 Å². The monoisotopic (exact) mass is 352 g/mol. The van der Waals surface area contributed by atoms with Crippen LogP contribution in [0.3, 0.4) is 0 Å². The second kappa shape index (κ2) is 8.72. The van der Waals surface area contributed by atoms with Gasteiger partial charge in [-0.3, -0.25) is 0 Å². The number of amides is 1. The van der Waals surface area contributed by atoms with Crippen LogP contribution in [0.15, 0.2) is 24.3 Å². The van der Waals surface area contributed by atoms with Crippen molar-refractivity contribution in [3.63, 3.8) is 0 Å². The maximum Gasteiger partial charge on any atom is 0.408 e. The van der Waals surface area contributed by atoms with Gasteiger partial charge >= 0.3 is 6.09 Å². The first-order valence-electron chi connectivity index (χ1n) is 8.82. The third-order valence-electron chi connectivity index (χ3n) is 4.16. The van der Waals surface area contributed by atoms with Gasteiger partial charge in [0.15, 0.2) is 0 Å². The molecule has 1 atom stereocenters. The minimum atomic E-state index is -0.514. The van der Waals surface area contributed by atoms with Gasteiger partial charge in [0.1, 0.15) is 5.60 Å². The summed E-state index contributed by atoms with van der Waals surface area (Å²) in [5.74, 6) is 0. The van der Waals surface area contributed by atoms with Crippen molar-refractivity contribution in [2.45, 2.75) is 70.6 Å². The number of rotatable bonds is 5. The Kier molecular flexibility index (Phi) is 6.93. The Balaban J connectivity index is 2.01. The molecule has 1 aromatic carbocycles. The molecule has 4 nitrogen and oxygen atoms in total. The van der Waals surface area contributed by atoms with E-state index in [-0.39, 0.29) is 6.04 Å². The van der Waals surface area contributed by atoms with E-state index in [1.165, 1.54) is 32.1 Å². The molecule has 1 aliphatic rings. The fourth-order valence-corrected chi connectivity index (χ4v) is 3.22. The quantitative estimate of drug-likeness (QED) is 0.798. The van der Waals surface area contributed by atoms with Crippen molar-refractivity contribution < 1.29 is 9.53 Å². The Hall–Kier alpha value is -1.26. The molecule has 0 radical (unpaired) electrons. The molecule has 0 unspecified atom stereocenters. The van der Waals surface area contributed by atoms with E-state index < -0.39 is 11.7 Å². The molecule has 0 heterocycles. The van der Waals surface area contributed by atoms with Crippen LogP contribution >= 0.6 is 11.6 Å². The summed E-state index contributed by atoms with van der Waals surface area (Å²) < 4.78 is 5.40. The van der Waals surface area contributed by atoms with Crippen LogP contribution in [0.25, 0.3) is 0 Å². The molecule has 1 saturated carbocycles. The van der Waals surface area contributed by atoms with Crippen LogP contribution in [0.4, 0.5) is 4.79 Å². The Labute approximate surface area is 150 Å². The topological polar surface area (TPSA) is 50.4 Å². The Morgan fingerprint density at radius 2 is 2.00 bits per heavy atom. The van der Waals surface area contributed by atoms with Gasteiger partial charge in [0.2, 0.25) is 0 Å². The summed E-state index contributed by atoms with van der Waals surface area (Å²) in [7, 11) is 0. The highest BCUT2D eigenvalue weighted by atomic mass is 35.5. The molecule has 2 N–H and O–H groups in total. The fourth-order valence-electron chi connectivity index (χ4n) is 3.02. The summed E-state index contributed by atoms with van der Waals surface area (Å²) in [6.07, 6.45) is 5.88. The lowest BCUT2D eigenvalue weighted by atomic mass is 9.95. The highest BCUT2D eigenvalue weighted by Crippen LogP contribution is 2.21. The van der Waals surface area contributed by atoms with Gasteiger partial charge in [-0.15, -0.1) is 0 Å². The average Bonchev–Trinajstić information content (AvgIpc) is 2.50. The molecule has 5 heteroatoms. The Morgan fingerprint density at radius 1 is 1.29 bits per heavy atom. The number of alkyl carbamates (subject to hydrolysis) is 1. The van der Waals surface area contributed by atoms with E-state index in [1.807, 2.05) is 45.0 Å². The highest BCUT2D eigenvalue weighted by Gasteiger charge is 2.22. The number of halogens is 1. The van der Waals surface area contributed by atoms with Crippen LogP contribution in [-0.4, -0.2) is 24.3 Å². The minimum Gasteiger partial charge on any atom is -0.444 e. The summed E-state index contributed by atoms with van der Waals surface area (Å²) in [5.41, 5.74) is 0.469. The molecule has 134 valence electrons. The number of carbonyl (C=O) groups excluding carboxylic acids is 1. The molecule has 1 fully saturated rings. The largest absolute Gasteiger partial charge is 0.444 e. The second-order valence-electron chi connectivity index (χ2n) is 7.50. The Bertz CT molecular complexity index is 536. The van der Waals surface area contributed by atoms with Gasteiger partial charge in [-0.1, -0.05) is 43.0 Å². The van der Waals surface area contributed by atoms with E-state index in [0.717, 1.165) is 5.56 Å². The first kappa shape index (κ1) is 19.1. The van der Waals surface area contributed by atoms with Crippen LogP contribution in [0, 0.1) is 0 Å². The minimum absolute atomic E-state index is 0.166. The van der Waals surface area contributed by atoms with E-state index in [4.69, 9.17) is 16.3 Å². The summed E-state index contributed by atoms with van der Waals surface area (Å²) in [6.45, 7) is 6.26. The maximum absolute atomic E-state index is 12.2. The first-order valence-corrected chi connectivity index (χ1v) is 9.20. The zero-order chi connectivity index (χ0) is 17.6. The van der Waals surface area contributed by atoms with E-state index in [0.29, 0.717) is 17.6 Å². The van der Waals surface area contributed by atoms with Crippen molar-refractivity contribution in [3.8, 4) is 0 Å². The number of hydrogen-bond acceptors (Lipinski definition) is 3. The van der Waals surface area contributed by atoms with Gasteiger partial charge in [-0.25, -0.2) is 4.79 Å². The smallest absolute Gasteiger partial charge is 0.408 e. The van der Waals surface area contributed by atoms with Crippen LogP contribution < -0.4 is 10.6 Å². The lowest BCUT2D eigenvalue weighted by molar-refractivity contribution is 0.0502. The summed E-state index contributed by atoms with van der Waals surface area (Å²) in [6, 6.07) is 7.98. The molecule has 0 spiro atoms. The van der Waals surface area contributed by atoms with E-state index in [1.54, 1.807) is 0 Å². The summed E-state index contributed by atoms with van der Waals surface area (Å²) >= 11 is 6.12. The van der Waals surface area contributed by atoms with Crippen LogP contribution in [-0.2, 0) is 4.74 Å². The number of benzene rings is 1. The number of nitrogens with one attached hydrogen (secondary N) is 2. The molecule has 2 rings (SSSR count). The molecule has 0 saturated heterocycles. The second-order valence-corrected chi connectivity index (χ2v) is 7.93. The molecule has 1 aliphatic carbocycles. The van der Waals surface area contributed by atoms with Crippen molar-refractivity contribution >= 4 is 17.7 Å². The first-order chi connectivity index (χ1) is 11.3. The van der Waals surface area contributed by atoms with Crippen molar-refractivity contribution in [3.05, 3.63) is 34.9 Å². The zero-order valence-corrected chi connectivity index (χ0v) is 15.7. The van der Waals surface area contributed by atoms with E-state index in [9.17, 15) is 4.79 Å². The predicted molar refractivity (Wildman–Crippen MR) is 98.4 cm³/mol. The normalized spacial score (nSPS) is 17.3. The number of ether oxygens (including phenoxy) is 1. The summed E-state index contributed by atoms with van der Waals surface area (Å²) in [4.78, 5) is 12.2. The van der Waals surface area contributed by atoms with Crippen LogP contribution in [0.1, 0.15) is 64.5 Å². The van der Waals surface area contributed by atoms with Gasteiger partial charge in [0.05, 0.1) is 6.04 Å². The third-order valence-corrected chi connectivity index (χ3v) is 4.39. The van der Waals surface area contributed by atoms with Crippen molar-refractivity contribution in [2.24, 2.45) is 0 Å². The molecule has 0 aliphatic heterocycles. The lowest BCUT2D eigenvalue weighted by Gasteiger charge is -2.28. The summed E-state index contributed by atoms with van der Waals surface area (Å²) in [5, 5.41) is 7.24. The van der Waals surface area contributed by atoms with Crippen molar-refractivity contribution in [1.82, 2.24) is 10.6 Å². The van der Waals surface area contributed by atoms with Gasteiger partial charge in [-0.05, 0) is 51.3 Å². The van der Waals surface area contributed by atoms with Gasteiger partial charge in [-0.2, -0.15) is 0 Å². The highest BCUT2D eigenvalue weighted by molar-refractivity contribution is 6.30. The average molecular weight is 353 g/mol. The van der Waals surface area contributed by atoms with Crippen LogP contribution in [0.5, 0.6) is 0 Å². The van der Waals surface area contributed by atoms with E-state index >= 15 is 0 Å². The third kappa shape index (κ3) is 6.70. The number of carbonyl (C=O) groups is 1. The SMILES string of the molecule is CC(C)(C)OC(=O)N[C@@H](CNC1CCCCC1)c1cccc(Cl)c1. The fraction of sp³-hybridized carbons (Fsp3) is 0.632. The molecule has 0 bridgehead atoms. The molecular weight excluding hydrogens is 324 g/mol. The van der Waals surface area contributed by atoms with Crippen LogP contribution in [0.2, 0.25) is 5.02 Å². The van der Waals surface area contributed by atoms with Gasteiger partial charge in [0.25, 0.3) is 0 Å². The van der Waals surface area contributed by atoms with Gasteiger partial charge in [0, 0.05) is 17.6 Å². The molecule has 1 amide bonds. The lowest BCUT2D eigenvalue weighted by Crippen LogP contribution is -2.42. The Morgan fingerprint density at radius 3 is 2.62 bits per heavy atom.